The molecule has 11 atom stereocenters. The van der Waals surface area contributed by atoms with Crippen molar-refractivity contribution in [3.8, 4) is 0 Å². The summed E-state index contributed by atoms with van der Waals surface area (Å²) in [7, 11) is 0. The molecule has 15 heteroatoms. The van der Waals surface area contributed by atoms with Crippen LogP contribution >= 0.6 is 0 Å². The van der Waals surface area contributed by atoms with Crippen LogP contribution in [0.4, 0.5) is 0 Å². The molecule has 0 bridgehead atoms. The molecule has 2 saturated heterocycles. The van der Waals surface area contributed by atoms with Gasteiger partial charge in [0.25, 0.3) is 0 Å². The molecule has 292 valence electrons. The van der Waals surface area contributed by atoms with E-state index in [0.29, 0.717) is 6.42 Å². The van der Waals surface area contributed by atoms with Crippen LogP contribution in [0.3, 0.4) is 0 Å². The number of aliphatic hydroxyl groups is 7. The van der Waals surface area contributed by atoms with Crippen LogP contribution in [0.15, 0.2) is 48.6 Å². The number of carbonyl (C=O) groups is 2. The monoisotopic (exact) mass is 730 g/mol. The Kier molecular flexibility index (Phi) is 22.3. The zero-order chi connectivity index (χ0) is 37.6. The highest BCUT2D eigenvalue weighted by molar-refractivity contribution is 5.70. The molecule has 2 aliphatic rings. The van der Waals surface area contributed by atoms with E-state index >= 15 is 0 Å². The van der Waals surface area contributed by atoms with Gasteiger partial charge in [-0.25, -0.2) is 0 Å². The third-order valence-electron chi connectivity index (χ3n) is 8.13. The molecule has 0 aromatic heterocycles. The van der Waals surface area contributed by atoms with Crippen molar-refractivity contribution in [1.29, 1.82) is 0 Å². The lowest BCUT2D eigenvalue weighted by Gasteiger charge is -2.42. The maximum absolute atomic E-state index is 12.6. The van der Waals surface area contributed by atoms with E-state index in [4.69, 9.17) is 28.4 Å². The molecular weight excluding hydrogens is 672 g/mol. The summed E-state index contributed by atoms with van der Waals surface area (Å²) in [6, 6.07) is 0. The summed E-state index contributed by atoms with van der Waals surface area (Å²) in [6.07, 6.45) is 5.98. The van der Waals surface area contributed by atoms with Crippen LogP contribution in [-0.4, -0.2) is 142 Å². The lowest BCUT2D eigenvalue weighted by atomic mass is 9.98. The lowest BCUT2D eigenvalue weighted by Crippen LogP contribution is -2.61. The van der Waals surface area contributed by atoms with Gasteiger partial charge in [-0.2, -0.15) is 0 Å². The second-order valence-corrected chi connectivity index (χ2v) is 12.3. The van der Waals surface area contributed by atoms with E-state index in [1.54, 1.807) is 6.92 Å². The Morgan fingerprint density at radius 1 is 0.647 bits per heavy atom. The second-order valence-electron chi connectivity index (χ2n) is 12.3. The molecule has 2 rings (SSSR count). The number of ether oxygens (including phenoxy) is 6. The summed E-state index contributed by atoms with van der Waals surface area (Å²) in [6.45, 7) is 1.74. The van der Waals surface area contributed by atoms with Crippen LogP contribution in [-0.2, 0) is 38.0 Å². The van der Waals surface area contributed by atoms with Crippen LogP contribution in [0, 0.1) is 0 Å². The summed E-state index contributed by atoms with van der Waals surface area (Å²) in [4.78, 5) is 24.4. The average molecular weight is 731 g/mol. The van der Waals surface area contributed by atoms with E-state index in [9.17, 15) is 45.3 Å². The minimum absolute atomic E-state index is 0.0868. The Bertz CT molecular complexity index is 1090. The Balaban J connectivity index is 1.82. The highest BCUT2D eigenvalue weighted by Crippen LogP contribution is 2.26. The third kappa shape index (κ3) is 16.3. The maximum Gasteiger partial charge on any atom is 0.306 e. The Hall–Kier alpha value is -2.54. The van der Waals surface area contributed by atoms with Gasteiger partial charge in [0.15, 0.2) is 18.7 Å². The van der Waals surface area contributed by atoms with Crippen LogP contribution in [0.1, 0.15) is 71.6 Å². The van der Waals surface area contributed by atoms with Crippen LogP contribution in [0.5, 0.6) is 0 Å². The van der Waals surface area contributed by atoms with Gasteiger partial charge in [0.2, 0.25) is 0 Å². The average Bonchev–Trinajstić information content (AvgIpc) is 3.13. The summed E-state index contributed by atoms with van der Waals surface area (Å²) < 4.78 is 32.5. The van der Waals surface area contributed by atoms with Crippen molar-refractivity contribution in [2.45, 2.75) is 139 Å². The van der Waals surface area contributed by atoms with Gasteiger partial charge in [0.1, 0.15) is 55.4 Å². The van der Waals surface area contributed by atoms with Crippen LogP contribution in [0.25, 0.3) is 0 Å². The molecule has 0 saturated carbocycles. The number of rotatable bonds is 23. The van der Waals surface area contributed by atoms with E-state index in [1.165, 1.54) is 0 Å². The van der Waals surface area contributed by atoms with Gasteiger partial charge in [0, 0.05) is 12.8 Å². The molecule has 15 nitrogen and oxygen atoms in total. The smallest absolute Gasteiger partial charge is 0.306 e. The van der Waals surface area contributed by atoms with E-state index in [0.717, 1.165) is 38.5 Å². The normalized spacial score (nSPS) is 30.8. The number of unbranched alkanes of at least 4 members (excludes halogenated alkanes) is 2. The highest BCUT2D eigenvalue weighted by atomic mass is 16.7. The Morgan fingerprint density at radius 2 is 1.20 bits per heavy atom. The van der Waals surface area contributed by atoms with Gasteiger partial charge < -0.3 is 64.2 Å². The zero-order valence-corrected chi connectivity index (χ0v) is 29.6. The van der Waals surface area contributed by atoms with Crippen molar-refractivity contribution in [1.82, 2.24) is 0 Å². The first kappa shape index (κ1) is 44.6. The number of aliphatic hydroxyl groups excluding tert-OH is 7. The van der Waals surface area contributed by atoms with Crippen LogP contribution in [0.2, 0.25) is 0 Å². The first-order chi connectivity index (χ1) is 24.5. The lowest BCUT2D eigenvalue weighted by molar-refractivity contribution is -0.332. The van der Waals surface area contributed by atoms with Gasteiger partial charge >= 0.3 is 11.9 Å². The van der Waals surface area contributed by atoms with Crippen molar-refractivity contribution in [2.24, 2.45) is 0 Å². The molecule has 7 N–H and O–H groups in total. The topological polar surface area (TPSA) is 231 Å². The first-order valence-electron chi connectivity index (χ1n) is 17.7. The van der Waals surface area contributed by atoms with E-state index in [1.807, 2.05) is 0 Å². The van der Waals surface area contributed by atoms with Crippen molar-refractivity contribution in [2.75, 3.05) is 26.4 Å². The fraction of sp³-hybridized carbons (Fsp3) is 0.722. The molecular formula is C36H58O15. The predicted molar refractivity (Wildman–Crippen MR) is 183 cm³/mol. The third-order valence-corrected chi connectivity index (χ3v) is 8.13. The molecule has 0 amide bonds. The number of hydrogen-bond acceptors (Lipinski definition) is 15. The van der Waals surface area contributed by atoms with Crippen LogP contribution < -0.4 is 0 Å². The number of hydrogen-bond donors (Lipinski definition) is 7. The molecule has 51 heavy (non-hydrogen) atoms. The molecule has 0 aromatic carbocycles. The van der Waals surface area contributed by atoms with E-state index in [2.05, 4.69) is 55.5 Å². The maximum atomic E-state index is 12.6. The summed E-state index contributed by atoms with van der Waals surface area (Å²) >= 11 is 0. The van der Waals surface area contributed by atoms with Crippen molar-refractivity contribution < 1.29 is 73.8 Å². The quantitative estimate of drug-likeness (QED) is 0.0439. The molecule has 0 aromatic rings. The van der Waals surface area contributed by atoms with Gasteiger partial charge in [-0.05, 0) is 44.9 Å². The summed E-state index contributed by atoms with van der Waals surface area (Å²) in [5, 5.41) is 70.9. The predicted octanol–water partition coefficient (Wildman–Crippen LogP) is 0.858. The summed E-state index contributed by atoms with van der Waals surface area (Å²) in [5.41, 5.74) is 0. The molecule has 2 heterocycles. The largest absolute Gasteiger partial charge is 0.462 e. The van der Waals surface area contributed by atoms with Crippen molar-refractivity contribution >= 4 is 11.9 Å². The van der Waals surface area contributed by atoms with E-state index < -0.39 is 99.3 Å². The summed E-state index contributed by atoms with van der Waals surface area (Å²) in [5.74, 6) is -1.08. The van der Waals surface area contributed by atoms with Crippen molar-refractivity contribution in [3.05, 3.63) is 48.6 Å². The second kappa shape index (κ2) is 25.4. The molecule has 11 unspecified atom stereocenters. The molecule has 0 aliphatic carbocycles. The molecule has 0 radical (unpaired) electrons. The van der Waals surface area contributed by atoms with Gasteiger partial charge in [0.05, 0.1) is 19.8 Å². The molecule has 0 spiro atoms. The van der Waals surface area contributed by atoms with E-state index in [-0.39, 0.29) is 19.4 Å². The minimum Gasteiger partial charge on any atom is -0.462 e. The van der Waals surface area contributed by atoms with Gasteiger partial charge in [-0.1, -0.05) is 62.5 Å². The SMILES string of the molecule is CC/C=C\C/C=C\C/C=C\C/C=C\CCCCC(=O)OC(COC(=O)CC)COC1OC(COC2OC(CO)C(O)C(O)C2O)C(O)C(O)C1O. The highest BCUT2D eigenvalue weighted by Gasteiger charge is 2.47. The fourth-order valence-electron chi connectivity index (χ4n) is 5.07. The number of allylic oxidation sites excluding steroid dienone is 8. The fourth-order valence-corrected chi connectivity index (χ4v) is 5.07. The Morgan fingerprint density at radius 3 is 1.78 bits per heavy atom. The first-order valence-corrected chi connectivity index (χ1v) is 17.7. The standard InChI is InChI=1S/C36H58O15/c1-3-5-6-7-8-9-10-11-12-13-14-15-16-17-18-19-28(39)49-24(21-46-27(38)4-2)22-47-35-34(45)32(43)30(41)26(51-35)23-48-36-33(44)31(42)29(40)25(20-37)50-36/h5-6,8-9,11-12,14-15,24-26,29-37,40-45H,3-4,7,10,13,16-23H2,1-2H3/b6-5-,9-8-,12-11-,15-14-. The minimum atomic E-state index is -1.77. The Labute approximate surface area is 299 Å². The number of esters is 2. The molecule has 2 fully saturated rings. The zero-order valence-electron chi connectivity index (χ0n) is 29.6. The van der Waals surface area contributed by atoms with Crippen molar-refractivity contribution in [3.63, 3.8) is 0 Å². The van der Waals surface area contributed by atoms with Gasteiger partial charge in [-0.3, -0.25) is 9.59 Å². The van der Waals surface area contributed by atoms with Gasteiger partial charge in [-0.15, -0.1) is 0 Å². The molecule has 2 aliphatic heterocycles. The number of carbonyl (C=O) groups excluding carboxylic acids is 2.